The fraction of sp³-hybridized carbons (Fsp3) is 0.750. The van der Waals surface area contributed by atoms with Gasteiger partial charge in [-0.2, -0.15) is 0 Å². The normalized spacial score (nSPS) is 47.9. The minimum absolute atomic E-state index is 0.0307. The Kier molecular flexibility index (Phi) is 9.57. The topological polar surface area (TPSA) is 230 Å². The molecule has 0 aromatic heterocycles. The molecule has 4 aliphatic carbocycles. The van der Waals surface area contributed by atoms with Gasteiger partial charge >= 0.3 is 11.9 Å². The average molecular weight is 707 g/mol. The molecule has 0 aromatic rings. The van der Waals surface area contributed by atoms with Gasteiger partial charge in [0.25, 0.3) is 0 Å². The highest BCUT2D eigenvalue weighted by Crippen LogP contribution is 2.69. The molecule has 14 nitrogen and oxygen atoms in total. The molecular weight excluding hydrogens is 656 g/mol. The Bertz CT molecular complexity index is 1500. The molecule has 0 unspecified atom stereocenters. The van der Waals surface area contributed by atoms with E-state index in [1.54, 1.807) is 26.0 Å². The zero-order chi connectivity index (χ0) is 36.7. The number of carbonyl (C=O) groups excluding carboxylic acids is 3. The summed E-state index contributed by atoms with van der Waals surface area (Å²) in [5.41, 5.74) is -4.46. The van der Waals surface area contributed by atoms with E-state index in [-0.39, 0.29) is 37.2 Å². The lowest BCUT2D eigenvalue weighted by molar-refractivity contribution is -0.299. The molecular formula is C36H50O14. The van der Waals surface area contributed by atoms with E-state index in [2.05, 4.69) is 0 Å². The van der Waals surface area contributed by atoms with Gasteiger partial charge in [-0.1, -0.05) is 25.5 Å². The van der Waals surface area contributed by atoms with E-state index >= 15 is 0 Å². The summed E-state index contributed by atoms with van der Waals surface area (Å²) in [7, 11) is 0. The summed E-state index contributed by atoms with van der Waals surface area (Å²) in [6, 6.07) is 0. The Morgan fingerprint density at radius 1 is 1.08 bits per heavy atom. The molecule has 278 valence electrons. The predicted molar refractivity (Wildman–Crippen MR) is 171 cm³/mol. The Morgan fingerprint density at radius 2 is 1.78 bits per heavy atom. The maximum absolute atomic E-state index is 13.5. The van der Waals surface area contributed by atoms with Crippen LogP contribution < -0.4 is 0 Å². The van der Waals surface area contributed by atoms with E-state index in [1.165, 1.54) is 13.0 Å². The van der Waals surface area contributed by atoms with Gasteiger partial charge in [-0.3, -0.25) is 9.59 Å². The zero-order valence-corrected chi connectivity index (χ0v) is 29.0. The predicted octanol–water partition coefficient (Wildman–Crippen LogP) is -0.263. The van der Waals surface area contributed by atoms with Gasteiger partial charge in [-0.05, 0) is 69.1 Å². The van der Waals surface area contributed by atoms with Gasteiger partial charge in [-0.25, -0.2) is 4.79 Å². The van der Waals surface area contributed by atoms with Crippen LogP contribution in [0.4, 0.5) is 0 Å². The number of allylic oxidation sites excluding steroid dienone is 1. The molecule has 1 saturated heterocycles. The Hall–Kier alpha value is -2.53. The third kappa shape index (κ3) is 5.20. The van der Waals surface area contributed by atoms with Crippen molar-refractivity contribution in [3.05, 3.63) is 34.9 Å². The van der Waals surface area contributed by atoms with E-state index in [0.717, 1.165) is 0 Å². The van der Waals surface area contributed by atoms with Crippen LogP contribution in [0.3, 0.4) is 0 Å². The van der Waals surface area contributed by atoms with Crippen molar-refractivity contribution in [1.82, 2.24) is 0 Å². The summed E-state index contributed by atoms with van der Waals surface area (Å²) in [6.07, 6.45) is -4.91. The Balaban J connectivity index is 1.28. The van der Waals surface area contributed by atoms with Gasteiger partial charge < -0.3 is 54.7 Å². The molecule has 0 bridgehead atoms. The summed E-state index contributed by atoms with van der Waals surface area (Å²) in [4.78, 5) is 39.2. The van der Waals surface area contributed by atoms with Crippen molar-refractivity contribution in [1.29, 1.82) is 0 Å². The maximum Gasteiger partial charge on any atom is 0.334 e. The molecule has 2 saturated carbocycles. The SMILES string of the molecule is CC(=O)O[C@H]1C=C([C@H](C)[C@H]2CC(CO[C@H]3O[C@@H](CO)[C@H](O)[C@@H](O)[C@@H]3O)=C(C)C(=O)O2)[C@@]2(C)CC[C@H]3[C@@H](C[C@@H](O)[C@@]4(O)CC=CC(=O)[C@]34C)[C@]12O. The third-order valence-electron chi connectivity index (χ3n) is 13.3. The number of hydrogen-bond acceptors (Lipinski definition) is 14. The van der Waals surface area contributed by atoms with Crippen molar-refractivity contribution < 1.29 is 69.1 Å². The van der Waals surface area contributed by atoms with Gasteiger partial charge in [0.05, 0.1) is 24.7 Å². The number of ether oxygens (including phenoxy) is 4. The first-order chi connectivity index (χ1) is 23.4. The molecule has 2 aliphatic heterocycles. The second kappa shape index (κ2) is 12.8. The second-order valence-electron chi connectivity index (χ2n) is 15.6. The molecule has 0 spiro atoms. The molecule has 50 heavy (non-hydrogen) atoms. The summed E-state index contributed by atoms with van der Waals surface area (Å²) in [6.45, 7) is 7.35. The number of rotatable bonds is 7. The van der Waals surface area contributed by atoms with Gasteiger partial charge in [0.15, 0.2) is 12.1 Å². The largest absolute Gasteiger partial charge is 0.458 e. The highest BCUT2D eigenvalue weighted by Gasteiger charge is 2.75. The number of carbonyl (C=O) groups is 3. The highest BCUT2D eigenvalue weighted by molar-refractivity contribution is 5.97. The van der Waals surface area contributed by atoms with Crippen molar-refractivity contribution in [2.45, 2.75) is 127 Å². The van der Waals surface area contributed by atoms with Crippen molar-refractivity contribution in [3.63, 3.8) is 0 Å². The highest BCUT2D eigenvalue weighted by atomic mass is 16.7. The third-order valence-corrected chi connectivity index (χ3v) is 13.3. The van der Waals surface area contributed by atoms with E-state index in [9.17, 15) is 50.1 Å². The summed E-state index contributed by atoms with van der Waals surface area (Å²) >= 11 is 0. The van der Waals surface area contributed by atoms with Crippen LogP contribution in [0, 0.1) is 28.6 Å². The van der Waals surface area contributed by atoms with Crippen LogP contribution in [0.25, 0.3) is 0 Å². The summed E-state index contributed by atoms with van der Waals surface area (Å²) < 4.78 is 22.9. The molecule has 0 radical (unpaired) electrons. The molecule has 15 atom stereocenters. The van der Waals surface area contributed by atoms with Crippen LogP contribution >= 0.6 is 0 Å². The van der Waals surface area contributed by atoms with Crippen molar-refractivity contribution in [2.75, 3.05) is 13.2 Å². The minimum Gasteiger partial charge on any atom is -0.458 e. The standard InChI is InChI=1S/C36H50O14/c1-16-19(15-47-32-30(43)29(42)28(41)24(14-37)50-32)11-23(49-31(16)44)17(2)21-13-27(48-18(3)38)36(46)22-12-26(40)35(45)9-6-7-25(39)34(35,5)20(22)8-10-33(21,36)4/h6-7,13,17,20,22-24,26-30,32,37,40-43,45-46H,8-12,14-15H2,1-5H3/t17-,20-,22+,23+,24-,26+,27-,28-,29+,30-,32-,33+,34-,35-,36-/m0/s1. The number of cyclic esters (lactones) is 1. The smallest absolute Gasteiger partial charge is 0.334 e. The number of aliphatic hydroxyl groups is 7. The van der Waals surface area contributed by atoms with Crippen LogP contribution in [0.2, 0.25) is 0 Å². The van der Waals surface area contributed by atoms with Crippen LogP contribution in [0.1, 0.15) is 66.7 Å². The lowest BCUT2D eigenvalue weighted by Gasteiger charge is -2.65. The van der Waals surface area contributed by atoms with Crippen LogP contribution in [-0.2, 0) is 33.3 Å². The molecule has 6 aliphatic rings. The van der Waals surface area contributed by atoms with E-state index in [1.807, 2.05) is 13.8 Å². The molecule has 3 fully saturated rings. The first kappa shape index (κ1) is 37.2. The molecule has 6 rings (SSSR count). The van der Waals surface area contributed by atoms with E-state index < -0.39 is 107 Å². The fourth-order valence-electron chi connectivity index (χ4n) is 10.1. The average Bonchev–Trinajstić information content (AvgIpc) is 3.29. The van der Waals surface area contributed by atoms with Crippen LogP contribution in [0.5, 0.6) is 0 Å². The quantitative estimate of drug-likeness (QED) is 0.134. The Morgan fingerprint density at radius 3 is 2.44 bits per heavy atom. The Labute approximate surface area is 290 Å². The molecule has 2 heterocycles. The van der Waals surface area contributed by atoms with Gasteiger partial charge in [0.1, 0.15) is 47.8 Å². The van der Waals surface area contributed by atoms with Gasteiger partial charge in [0, 0.05) is 30.3 Å². The molecule has 7 N–H and O–H groups in total. The lowest BCUT2D eigenvalue weighted by Crippen LogP contribution is -2.74. The fourth-order valence-corrected chi connectivity index (χ4v) is 10.1. The number of fused-ring (bicyclic) bond motifs is 5. The number of aliphatic hydroxyl groups excluding tert-OH is 5. The zero-order valence-electron chi connectivity index (χ0n) is 29.0. The molecule has 0 amide bonds. The van der Waals surface area contributed by atoms with Crippen molar-refractivity contribution in [2.24, 2.45) is 28.6 Å². The second-order valence-corrected chi connectivity index (χ2v) is 15.6. The maximum atomic E-state index is 13.5. The van der Waals surface area contributed by atoms with E-state index in [4.69, 9.17) is 18.9 Å². The number of ketones is 1. The van der Waals surface area contributed by atoms with Crippen LogP contribution in [0.15, 0.2) is 34.9 Å². The number of hydrogen-bond donors (Lipinski definition) is 7. The summed E-state index contributed by atoms with van der Waals surface area (Å²) in [5, 5.41) is 76.5. The first-order valence-corrected chi connectivity index (χ1v) is 17.4. The van der Waals surface area contributed by atoms with Gasteiger partial charge in [0.2, 0.25) is 0 Å². The molecule has 14 heteroatoms. The monoisotopic (exact) mass is 706 g/mol. The number of esters is 2. The summed E-state index contributed by atoms with van der Waals surface area (Å²) in [5.74, 6) is -3.39. The lowest BCUT2D eigenvalue weighted by atomic mass is 9.41. The van der Waals surface area contributed by atoms with Crippen molar-refractivity contribution >= 4 is 17.7 Å². The van der Waals surface area contributed by atoms with Crippen molar-refractivity contribution in [3.8, 4) is 0 Å². The van der Waals surface area contributed by atoms with Crippen LogP contribution in [-0.4, -0.2) is 127 Å². The van der Waals surface area contributed by atoms with Gasteiger partial charge in [-0.15, -0.1) is 0 Å². The minimum atomic E-state index is -1.78. The van der Waals surface area contributed by atoms with E-state index in [0.29, 0.717) is 24.0 Å². The molecule has 0 aromatic carbocycles. The first-order valence-electron chi connectivity index (χ1n) is 17.4.